The molecule has 1 unspecified atom stereocenters. The van der Waals surface area contributed by atoms with Gasteiger partial charge in [-0.05, 0) is 42.2 Å². The van der Waals surface area contributed by atoms with Gasteiger partial charge in [0.25, 0.3) is 0 Å². The van der Waals surface area contributed by atoms with Crippen LogP contribution in [0.25, 0.3) is 0 Å². The summed E-state index contributed by atoms with van der Waals surface area (Å²) >= 11 is 1.85. The molecule has 0 fully saturated rings. The van der Waals surface area contributed by atoms with Gasteiger partial charge in [0.05, 0.1) is 0 Å². The molecule has 0 saturated carbocycles. The summed E-state index contributed by atoms with van der Waals surface area (Å²) in [6.45, 7) is 14.8. The number of hydrogen-bond donors (Lipinski definition) is 1. The lowest BCUT2D eigenvalue weighted by Gasteiger charge is -2.31. The Kier molecular flexibility index (Phi) is 4.57. The van der Waals surface area contributed by atoms with Gasteiger partial charge in [-0.15, -0.1) is 11.3 Å². The zero-order chi connectivity index (χ0) is 12.3. The van der Waals surface area contributed by atoms with E-state index in [1.807, 2.05) is 11.3 Å². The van der Waals surface area contributed by atoms with Gasteiger partial charge in [-0.1, -0.05) is 27.7 Å². The van der Waals surface area contributed by atoms with E-state index in [2.05, 4.69) is 58.3 Å². The summed E-state index contributed by atoms with van der Waals surface area (Å²) < 4.78 is 0. The normalized spacial score (nSPS) is 14.4. The molecular formula is C14H25NS. The molecule has 1 nitrogen and oxygen atoms in total. The van der Waals surface area contributed by atoms with Crippen molar-refractivity contribution < 1.29 is 0 Å². The monoisotopic (exact) mass is 239 g/mol. The van der Waals surface area contributed by atoms with Crippen molar-refractivity contribution in [3.8, 4) is 0 Å². The van der Waals surface area contributed by atoms with Crippen LogP contribution in [0.5, 0.6) is 0 Å². The van der Waals surface area contributed by atoms with Gasteiger partial charge in [-0.25, -0.2) is 0 Å². The van der Waals surface area contributed by atoms with Gasteiger partial charge in [0.15, 0.2) is 0 Å². The smallest absolute Gasteiger partial charge is 0.0388 e. The minimum absolute atomic E-state index is 0.361. The van der Waals surface area contributed by atoms with Crippen molar-refractivity contribution in [2.45, 2.75) is 47.6 Å². The van der Waals surface area contributed by atoms with E-state index in [-0.39, 0.29) is 0 Å². The molecule has 1 rings (SSSR count). The molecular weight excluding hydrogens is 214 g/mol. The standard InChI is InChI=1S/C14H25NS/c1-10(2)14(5,6)9-15-12(4)13-11(3)7-8-16-13/h7-8,10,12,15H,9H2,1-6H3. The predicted molar refractivity (Wildman–Crippen MR) is 74.1 cm³/mol. The van der Waals surface area contributed by atoms with E-state index in [9.17, 15) is 0 Å². The summed E-state index contributed by atoms with van der Waals surface area (Å²) in [6, 6.07) is 2.67. The van der Waals surface area contributed by atoms with Crippen molar-refractivity contribution in [1.82, 2.24) is 5.32 Å². The van der Waals surface area contributed by atoms with Crippen molar-refractivity contribution in [2.75, 3.05) is 6.54 Å². The maximum absolute atomic E-state index is 3.66. The first-order valence-electron chi connectivity index (χ1n) is 6.12. The fraction of sp³-hybridized carbons (Fsp3) is 0.714. The summed E-state index contributed by atoms with van der Waals surface area (Å²) in [7, 11) is 0. The summed E-state index contributed by atoms with van der Waals surface area (Å²) in [6.07, 6.45) is 0. The average Bonchev–Trinajstić information content (AvgIpc) is 2.61. The summed E-state index contributed by atoms with van der Waals surface area (Å²) in [5.74, 6) is 0.705. The van der Waals surface area contributed by atoms with E-state index >= 15 is 0 Å². The molecule has 1 heterocycles. The van der Waals surface area contributed by atoms with E-state index in [1.165, 1.54) is 10.4 Å². The Morgan fingerprint density at radius 3 is 2.38 bits per heavy atom. The fourth-order valence-electron chi connectivity index (χ4n) is 1.54. The molecule has 0 aliphatic heterocycles. The van der Waals surface area contributed by atoms with Crippen LogP contribution in [-0.2, 0) is 0 Å². The van der Waals surface area contributed by atoms with Crippen molar-refractivity contribution >= 4 is 11.3 Å². The Morgan fingerprint density at radius 1 is 1.31 bits per heavy atom. The van der Waals surface area contributed by atoms with Gasteiger partial charge in [0.1, 0.15) is 0 Å². The van der Waals surface area contributed by atoms with Crippen LogP contribution in [0.3, 0.4) is 0 Å². The van der Waals surface area contributed by atoms with Crippen molar-refractivity contribution in [2.24, 2.45) is 11.3 Å². The largest absolute Gasteiger partial charge is 0.309 e. The Bertz CT molecular complexity index is 325. The number of nitrogens with one attached hydrogen (secondary N) is 1. The predicted octanol–water partition coefficient (Wildman–Crippen LogP) is 4.39. The molecule has 92 valence electrons. The zero-order valence-electron chi connectivity index (χ0n) is 11.4. The zero-order valence-corrected chi connectivity index (χ0v) is 12.2. The molecule has 1 atom stereocenters. The summed E-state index contributed by atoms with van der Waals surface area (Å²) in [5, 5.41) is 5.83. The molecule has 16 heavy (non-hydrogen) atoms. The van der Waals surface area contributed by atoms with Crippen LogP contribution in [0.15, 0.2) is 11.4 Å². The third-order valence-corrected chi connectivity index (χ3v) is 4.92. The summed E-state index contributed by atoms with van der Waals surface area (Å²) in [4.78, 5) is 1.47. The molecule has 1 aromatic heterocycles. The van der Waals surface area contributed by atoms with Crippen molar-refractivity contribution in [3.05, 3.63) is 21.9 Å². The molecule has 0 saturated heterocycles. The Balaban J connectivity index is 2.54. The molecule has 1 aromatic rings. The van der Waals surface area contributed by atoms with Crippen LogP contribution in [0.1, 0.15) is 51.1 Å². The Hall–Kier alpha value is -0.340. The van der Waals surface area contributed by atoms with Gasteiger partial charge in [-0.2, -0.15) is 0 Å². The van der Waals surface area contributed by atoms with Gasteiger partial charge >= 0.3 is 0 Å². The second-order valence-electron chi connectivity index (χ2n) is 5.71. The maximum atomic E-state index is 3.66. The lowest BCUT2D eigenvalue weighted by Crippen LogP contribution is -2.34. The molecule has 0 radical (unpaired) electrons. The first-order valence-corrected chi connectivity index (χ1v) is 7.00. The van der Waals surface area contributed by atoms with Crippen LogP contribution in [0.2, 0.25) is 0 Å². The fourth-order valence-corrected chi connectivity index (χ4v) is 2.50. The van der Waals surface area contributed by atoms with E-state index in [1.54, 1.807) is 0 Å². The van der Waals surface area contributed by atoms with Crippen molar-refractivity contribution in [1.29, 1.82) is 0 Å². The quantitative estimate of drug-likeness (QED) is 0.803. The van der Waals surface area contributed by atoms with Gasteiger partial charge in [0.2, 0.25) is 0 Å². The minimum atomic E-state index is 0.361. The molecule has 0 aliphatic rings. The van der Waals surface area contributed by atoms with E-state index in [0.29, 0.717) is 17.4 Å². The number of aryl methyl sites for hydroxylation is 1. The van der Waals surface area contributed by atoms with Gasteiger partial charge in [0, 0.05) is 17.5 Å². The topological polar surface area (TPSA) is 12.0 Å². The van der Waals surface area contributed by atoms with Crippen LogP contribution in [-0.4, -0.2) is 6.54 Å². The Labute approximate surface area is 104 Å². The van der Waals surface area contributed by atoms with E-state index in [4.69, 9.17) is 0 Å². The molecule has 0 bridgehead atoms. The third-order valence-electron chi connectivity index (χ3n) is 3.72. The highest BCUT2D eigenvalue weighted by molar-refractivity contribution is 7.10. The highest BCUT2D eigenvalue weighted by Crippen LogP contribution is 2.28. The molecule has 0 amide bonds. The number of rotatable bonds is 5. The SMILES string of the molecule is Cc1ccsc1C(C)NCC(C)(C)C(C)C. The minimum Gasteiger partial charge on any atom is -0.309 e. The van der Waals surface area contributed by atoms with Gasteiger partial charge < -0.3 is 5.32 Å². The third kappa shape index (κ3) is 3.33. The van der Waals surface area contributed by atoms with E-state index < -0.39 is 0 Å². The molecule has 0 spiro atoms. The number of hydrogen-bond acceptors (Lipinski definition) is 2. The first kappa shape index (κ1) is 13.7. The lowest BCUT2D eigenvalue weighted by molar-refractivity contribution is 0.231. The highest BCUT2D eigenvalue weighted by Gasteiger charge is 2.23. The van der Waals surface area contributed by atoms with Crippen LogP contribution >= 0.6 is 11.3 Å². The second-order valence-corrected chi connectivity index (χ2v) is 6.66. The average molecular weight is 239 g/mol. The maximum Gasteiger partial charge on any atom is 0.0388 e. The van der Waals surface area contributed by atoms with E-state index in [0.717, 1.165) is 6.54 Å². The molecule has 1 N–H and O–H groups in total. The van der Waals surface area contributed by atoms with Crippen LogP contribution in [0, 0.1) is 18.3 Å². The van der Waals surface area contributed by atoms with Gasteiger partial charge in [-0.3, -0.25) is 0 Å². The highest BCUT2D eigenvalue weighted by atomic mass is 32.1. The number of thiophene rings is 1. The van der Waals surface area contributed by atoms with Crippen LogP contribution < -0.4 is 5.32 Å². The first-order chi connectivity index (χ1) is 7.34. The molecule has 0 aromatic carbocycles. The molecule has 0 aliphatic carbocycles. The Morgan fingerprint density at radius 2 is 1.94 bits per heavy atom. The summed E-state index contributed by atoms with van der Waals surface area (Å²) in [5.41, 5.74) is 1.77. The van der Waals surface area contributed by atoms with Crippen molar-refractivity contribution in [3.63, 3.8) is 0 Å². The second kappa shape index (κ2) is 5.33. The lowest BCUT2D eigenvalue weighted by atomic mass is 9.81. The molecule has 2 heteroatoms. The van der Waals surface area contributed by atoms with Crippen LogP contribution in [0.4, 0.5) is 0 Å².